The summed E-state index contributed by atoms with van der Waals surface area (Å²) in [5, 5.41) is 2.71. The minimum Gasteiger partial charge on any atom is -0.377 e. The van der Waals surface area contributed by atoms with E-state index >= 15 is 0 Å². The summed E-state index contributed by atoms with van der Waals surface area (Å²) in [6, 6.07) is 3.27. The van der Waals surface area contributed by atoms with Gasteiger partial charge in [-0.2, -0.15) is 0 Å². The van der Waals surface area contributed by atoms with Gasteiger partial charge in [0.1, 0.15) is 5.82 Å². The van der Waals surface area contributed by atoms with Crippen LogP contribution in [0.2, 0.25) is 0 Å². The first kappa shape index (κ1) is 13.1. The van der Waals surface area contributed by atoms with Crippen molar-refractivity contribution < 1.29 is 13.9 Å². The van der Waals surface area contributed by atoms with Gasteiger partial charge in [0.25, 0.3) is 0 Å². The van der Waals surface area contributed by atoms with Crippen LogP contribution in [0.15, 0.2) is 12.1 Å². The Morgan fingerprint density at radius 2 is 2.26 bits per heavy atom. The molecular weight excluding hydrogens is 313 g/mol. The Morgan fingerprint density at radius 3 is 3.00 bits per heavy atom. The van der Waals surface area contributed by atoms with Crippen molar-refractivity contribution in [1.29, 1.82) is 0 Å². The Bertz CT molecular complexity index is 514. The van der Waals surface area contributed by atoms with Gasteiger partial charge in [0.05, 0.1) is 10.9 Å². The van der Waals surface area contributed by atoms with E-state index in [0.29, 0.717) is 24.1 Å². The maximum atomic E-state index is 14.2. The molecule has 0 aromatic heterocycles. The fourth-order valence-electron chi connectivity index (χ4n) is 2.67. The number of anilines is 1. The highest BCUT2D eigenvalue weighted by atomic mass is 79.9. The van der Waals surface area contributed by atoms with Gasteiger partial charge >= 0.3 is 0 Å². The third kappa shape index (κ3) is 2.54. The molecule has 2 heterocycles. The number of aryl methyl sites for hydroxylation is 1. The van der Waals surface area contributed by atoms with E-state index in [-0.39, 0.29) is 22.7 Å². The molecule has 1 fully saturated rings. The maximum Gasteiger partial charge on any atom is 0.224 e. The molecule has 2 aliphatic rings. The average Bonchev–Trinajstić information content (AvgIpc) is 2.91. The third-order valence-electron chi connectivity index (χ3n) is 3.71. The second kappa shape index (κ2) is 5.21. The lowest BCUT2D eigenvalue weighted by atomic mass is 9.96. The van der Waals surface area contributed by atoms with Crippen LogP contribution in [0.1, 0.15) is 35.2 Å². The number of carbonyl (C=O) groups is 1. The van der Waals surface area contributed by atoms with Crippen LogP contribution in [0.3, 0.4) is 0 Å². The number of halogens is 2. The summed E-state index contributed by atoms with van der Waals surface area (Å²) in [7, 11) is 0. The average molecular weight is 328 g/mol. The zero-order valence-electron chi connectivity index (χ0n) is 10.4. The van der Waals surface area contributed by atoms with Crippen LogP contribution in [-0.2, 0) is 16.0 Å². The van der Waals surface area contributed by atoms with Crippen molar-refractivity contribution in [3.05, 3.63) is 29.1 Å². The van der Waals surface area contributed by atoms with Crippen molar-refractivity contribution in [2.75, 3.05) is 11.9 Å². The predicted octanol–water partition coefficient (Wildman–Crippen LogP) is 3.33. The summed E-state index contributed by atoms with van der Waals surface area (Å²) < 4.78 is 19.8. The molecular formula is C14H15BrFNO2. The van der Waals surface area contributed by atoms with Crippen molar-refractivity contribution in [2.45, 2.75) is 36.6 Å². The van der Waals surface area contributed by atoms with Gasteiger partial charge in [-0.3, -0.25) is 4.79 Å². The van der Waals surface area contributed by atoms with Crippen molar-refractivity contribution >= 4 is 27.5 Å². The van der Waals surface area contributed by atoms with E-state index in [0.717, 1.165) is 25.0 Å². The van der Waals surface area contributed by atoms with Crippen molar-refractivity contribution in [3.8, 4) is 0 Å². The van der Waals surface area contributed by atoms with Crippen LogP contribution in [0.4, 0.5) is 10.1 Å². The van der Waals surface area contributed by atoms with Crippen LogP contribution >= 0.6 is 15.9 Å². The third-order valence-corrected chi connectivity index (χ3v) is 4.79. The highest BCUT2D eigenvalue weighted by molar-refractivity contribution is 9.09. The van der Waals surface area contributed by atoms with Crippen LogP contribution in [0, 0.1) is 5.82 Å². The fraction of sp³-hybridized carbons (Fsp3) is 0.500. The predicted molar refractivity (Wildman–Crippen MR) is 74.0 cm³/mol. The van der Waals surface area contributed by atoms with Gasteiger partial charge in [0.2, 0.25) is 5.91 Å². The first-order chi connectivity index (χ1) is 9.15. The van der Waals surface area contributed by atoms with Crippen LogP contribution < -0.4 is 5.32 Å². The van der Waals surface area contributed by atoms with Gasteiger partial charge in [-0.15, -0.1) is 0 Å². The molecule has 0 aliphatic carbocycles. The van der Waals surface area contributed by atoms with Crippen LogP contribution in [0.5, 0.6) is 0 Å². The van der Waals surface area contributed by atoms with Gasteiger partial charge in [-0.25, -0.2) is 4.39 Å². The van der Waals surface area contributed by atoms with Crippen molar-refractivity contribution in [1.82, 2.24) is 0 Å². The summed E-state index contributed by atoms with van der Waals surface area (Å²) >= 11 is 3.55. The minimum atomic E-state index is -0.293. The number of hydrogen-bond donors (Lipinski definition) is 1. The van der Waals surface area contributed by atoms with Gasteiger partial charge in [0, 0.05) is 24.3 Å². The normalized spacial score (nSPS) is 23.9. The van der Waals surface area contributed by atoms with E-state index in [1.165, 1.54) is 6.07 Å². The minimum absolute atomic E-state index is 0.0331. The number of hydrogen-bond acceptors (Lipinski definition) is 2. The lowest BCUT2D eigenvalue weighted by Gasteiger charge is -2.22. The molecule has 1 amide bonds. The standard InChI is InChI=1S/C14H15BrFNO2/c15-14(12-2-1-5-19-12)9-6-8-3-4-13(18)17-11(8)7-10(9)16/h6-7,12,14H,1-5H2,(H,17,18). The summed E-state index contributed by atoms with van der Waals surface area (Å²) in [5.41, 5.74) is 2.23. The molecule has 0 spiro atoms. The van der Waals surface area contributed by atoms with E-state index in [2.05, 4.69) is 21.2 Å². The number of ether oxygens (including phenoxy) is 1. The first-order valence-corrected chi connectivity index (χ1v) is 7.44. The molecule has 1 aromatic carbocycles. The molecule has 1 N–H and O–H groups in total. The molecule has 1 saturated heterocycles. The number of carbonyl (C=O) groups excluding carboxylic acids is 1. The zero-order valence-corrected chi connectivity index (χ0v) is 12.0. The smallest absolute Gasteiger partial charge is 0.224 e. The SMILES string of the molecule is O=C1CCc2cc(C(Br)C3CCCO3)c(F)cc2N1. The molecule has 102 valence electrons. The molecule has 3 rings (SSSR count). The second-order valence-electron chi connectivity index (χ2n) is 5.03. The highest BCUT2D eigenvalue weighted by Gasteiger charge is 2.28. The Kier molecular flexibility index (Phi) is 3.58. The summed E-state index contributed by atoms with van der Waals surface area (Å²) in [4.78, 5) is 11.2. The van der Waals surface area contributed by atoms with E-state index in [1.807, 2.05) is 6.07 Å². The quantitative estimate of drug-likeness (QED) is 0.846. The molecule has 2 aliphatic heterocycles. The number of fused-ring (bicyclic) bond motifs is 1. The van der Waals surface area contributed by atoms with E-state index in [9.17, 15) is 9.18 Å². The zero-order chi connectivity index (χ0) is 13.4. The van der Waals surface area contributed by atoms with Gasteiger partial charge < -0.3 is 10.1 Å². The van der Waals surface area contributed by atoms with Crippen LogP contribution in [-0.4, -0.2) is 18.6 Å². The Hall–Kier alpha value is -0.940. The summed E-state index contributed by atoms with van der Waals surface area (Å²) in [5.74, 6) is -0.340. The molecule has 19 heavy (non-hydrogen) atoms. The van der Waals surface area contributed by atoms with E-state index in [4.69, 9.17) is 4.74 Å². The van der Waals surface area contributed by atoms with Crippen molar-refractivity contribution in [2.24, 2.45) is 0 Å². The monoisotopic (exact) mass is 327 g/mol. The highest BCUT2D eigenvalue weighted by Crippen LogP contribution is 2.38. The topological polar surface area (TPSA) is 38.3 Å². The number of benzene rings is 1. The van der Waals surface area contributed by atoms with Gasteiger partial charge in [0.15, 0.2) is 0 Å². The van der Waals surface area contributed by atoms with Gasteiger partial charge in [-0.05, 0) is 37.0 Å². The molecule has 0 radical (unpaired) electrons. The lowest BCUT2D eigenvalue weighted by Crippen LogP contribution is -2.20. The number of rotatable bonds is 2. The molecule has 1 aromatic rings. The molecule has 0 saturated carbocycles. The Balaban J connectivity index is 1.91. The maximum absolute atomic E-state index is 14.2. The Labute approximate surface area is 119 Å². The van der Waals surface area contributed by atoms with Crippen LogP contribution in [0.25, 0.3) is 0 Å². The number of amides is 1. The fourth-order valence-corrected chi connectivity index (χ4v) is 3.43. The number of nitrogens with one attached hydrogen (secondary N) is 1. The number of alkyl halides is 1. The molecule has 5 heteroatoms. The molecule has 0 bridgehead atoms. The second-order valence-corrected chi connectivity index (χ2v) is 6.02. The summed E-state index contributed by atoms with van der Waals surface area (Å²) in [6.45, 7) is 0.745. The first-order valence-electron chi connectivity index (χ1n) is 6.53. The molecule has 2 atom stereocenters. The van der Waals surface area contributed by atoms with Gasteiger partial charge in [-0.1, -0.05) is 15.9 Å². The summed E-state index contributed by atoms with van der Waals surface area (Å²) in [6.07, 6.45) is 3.13. The molecule has 2 unspecified atom stereocenters. The lowest BCUT2D eigenvalue weighted by molar-refractivity contribution is -0.116. The Morgan fingerprint density at radius 1 is 1.42 bits per heavy atom. The molecule has 3 nitrogen and oxygen atoms in total. The van der Waals surface area contributed by atoms with Crippen molar-refractivity contribution in [3.63, 3.8) is 0 Å². The largest absolute Gasteiger partial charge is 0.377 e. The van der Waals surface area contributed by atoms with E-state index < -0.39 is 0 Å². The van der Waals surface area contributed by atoms with E-state index in [1.54, 1.807) is 0 Å².